The van der Waals surface area contributed by atoms with Crippen LogP contribution in [-0.4, -0.2) is 37.2 Å². The zero-order chi connectivity index (χ0) is 16.5. The Kier molecular flexibility index (Phi) is 7.86. The van der Waals surface area contributed by atoms with Crippen molar-refractivity contribution >= 4 is 11.9 Å². The van der Waals surface area contributed by atoms with E-state index in [-0.39, 0.29) is 37.1 Å². The molecule has 132 valence electrons. The predicted octanol–water partition coefficient (Wildman–Crippen LogP) is 2.96. The van der Waals surface area contributed by atoms with Crippen LogP contribution in [0.5, 0.6) is 0 Å². The van der Waals surface area contributed by atoms with Gasteiger partial charge >= 0.3 is 5.97 Å². The van der Waals surface area contributed by atoms with E-state index < -0.39 is 0 Å². The van der Waals surface area contributed by atoms with E-state index in [4.69, 9.17) is 9.47 Å². The van der Waals surface area contributed by atoms with Gasteiger partial charge in [-0.3, -0.25) is 9.59 Å². The number of nitrogens with one attached hydrogen (secondary N) is 1. The van der Waals surface area contributed by atoms with Crippen LogP contribution in [0, 0.1) is 5.92 Å². The van der Waals surface area contributed by atoms with Crippen molar-refractivity contribution in [2.45, 2.75) is 83.3 Å². The van der Waals surface area contributed by atoms with Crippen LogP contribution < -0.4 is 5.32 Å². The van der Waals surface area contributed by atoms with Crippen LogP contribution in [0.25, 0.3) is 0 Å². The van der Waals surface area contributed by atoms with Crippen LogP contribution in [0.2, 0.25) is 0 Å². The first kappa shape index (κ1) is 18.2. The van der Waals surface area contributed by atoms with E-state index in [0.29, 0.717) is 12.5 Å². The molecule has 2 rings (SSSR count). The third-order valence-electron chi connectivity index (χ3n) is 4.84. The van der Waals surface area contributed by atoms with Crippen LogP contribution in [-0.2, 0) is 19.1 Å². The molecule has 5 nitrogen and oxygen atoms in total. The third kappa shape index (κ3) is 7.34. The Bertz CT molecular complexity index is 379. The molecule has 1 N–H and O–H groups in total. The molecule has 2 atom stereocenters. The van der Waals surface area contributed by atoms with Crippen LogP contribution in [0.1, 0.15) is 71.1 Å². The first-order chi connectivity index (χ1) is 11.1. The van der Waals surface area contributed by atoms with E-state index in [1.165, 1.54) is 19.3 Å². The minimum absolute atomic E-state index is 0.0866. The first-order valence-electron chi connectivity index (χ1n) is 9.21. The molecule has 0 aromatic rings. The molecule has 1 amide bonds. The lowest BCUT2D eigenvalue weighted by Gasteiger charge is -2.26. The fraction of sp³-hybridized carbons (Fsp3) is 0.889. The summed E-state index contributed by atoms with van der Waals surface area (Å²) in [5.74, 6) is 0.333. The van der Waals surface area contributed by atoms with Crippen molar-refractivity contribution in [1.29, 1.82) is 0 Å². The summed E-state index contributed by atoms with van der Waals surface area (Å²) in [6.45, 7) is 2.65. The summed E-state index contributed by atoms with van der Waals surface area (Å²) < 4.78 is 11.1. The number of amides is 1. The summed E-state index contributed by atoms with van der Waals surface area (Å²) in [4.78, 5) is 23.5. The van der Waals surface area contributed by atoms with E-state index in [9.17, 15) is 9.59 Å². The molecule has 0 saturated heterocycles. The van der Waals surface area contributed by atoms with Gasteiger partial charge in [-0.15, -0.1) is 0 Å². The van der Waals surface area contributed by atoms with Crippen molar-refractivity contribution in [3.8, 4) is 0 Å². The molecule has 23 heavy (non-hydrogen) atoms. The monoisotopic (exact) mass is 325 g/mol. The number of hydrogen-bond acceptors (Lipinski definition) is 4. The number of hydrogen-bond donors (Lipinski definition) is 1. The molecule has 2 saturated carbocycles. The minimum Gasteiger partial charge on any atom is -0.462 e. The Balaban J connectivity index is 1.51. The Hall–Kier alpha value is -1.10. The molecule has 2 aliphatic carbocycles. The normalized spacial score (nSPS) is 25.8. The highest BCUT2D eigenvalue weighted by atomic mass is 16.5. The van der Waals surface area contributed by atoms with E-state index in [2.05, 4.69) is 12.2 Å². The molecule has 0 aromatic carbocycles. The summed E-state index contributed by atoms with van der Waals surface area (Å²) in [6, 6.07) is 0. The quantitative estimate of drug-likeness (QED) is 0.731. The van der Waals surface area contributed by atoms with Gasteiger partial charge in [0.25, 0.3) is 0 Å². The summed E-state index contributed by atoms with van der Waals surface area (Å²) >= 11 is 0. The summed E-state index contributed by atoms with van der Waals surface area (Å²) in [6.07, 6.45) is 10.5. The Morgan fingerprint density at radius 1 is 1.00 bits per heavy atom. The molecule has 0 heterocycles. The number of ether oxygens (including phenoxy) is 2. The highest BCUT2D eigenvalue weighted by molar-refractivity contribution is 5.78. The van der Waals surface area contributed by atoms with Gasteiger partial charge in [0.2, 0.25) is 5.91 Å². The van der Waals surface area contributed by atoms with Crippen molar-refractivity contribution in [2.24, 2.45) is 5.92 Å². The van der Waals surface area contributed by atoms with Crippen molar-refractivity contribution in [1.82, 2.24) is 5.32 Å². The SMILES string of the molecule is C[C@H]1CCC[C@@H](OCC(=O)NCCC(=O)OC2CCCCC2)C1. The van der Waals surface area contributed by atoms with Gasteiger partial charge in [-0.2, -0.15) is 0 Å². The molecule has 0 aromatic heterocycles. The predicted molar refractivity (Wildman–Crippen MR) is 88.0 cm³/mol. The van der Waals surface area contributed by atoms with E-state index in [1.54, 1.807) is 0 Å². The summed E-state index contributed by atoms with van der Waals surface area (Å²) in [7, 11) is 0. The number of rotatable bonds is 7. The van der Waals surface area contributed by atoms with Crippen molar-refractivity contribution in [3.63, 3.8) is 0 Å². The Morgan fingerprint density at radius 2 is 1.74 bits per heavy atom. The molecule has 0 unspecified atom stereocenters. The molecule has 0 bridgehead atoms. The fourth-order valence-electron chi connectivity index (χ4n) is 3.51. The molecule has 0 spiro atoms. The molecule has 5 heteroatoms. The smallest absolute Gasteiger partial charge is 0.307 e. The van der Waals surface area contributed by atoms with Crippen molar-refractivity contribution in [2.75, 3.05) is 13.2 Å². The topological polar surface area (TPSA) is 64.6 Å². The lowest BCUT2D eigenvalue weighted by Crippen LogP contribution is -2.33. The van der Waals surface area contributed by atoms with Crippen LogP contribution in [0.3, 0.4) is 0 Å². The standard InChI is InChI=1S/C18H31NO4/c1-14-6-5-9-16(12-14)22-13-17(20)19-11-10-18(21)23-15-7-3-2-4-8-15/h14-16H,2-13H2,1H3,(H,19,20)/t14-,16+/m0/s1. The maximum Gasteiger partial charge on any atom is 0.307 e. The highest BCUT2D eigenvalue weighted by Gasteiger charge is 2.20. The largest absolute Gasteiger partial charge is 0.462 e. The highest BCUT2D eigenvalue weighted by Crippen LogP contribution is 2.25. The first-order valence-corrected chi connectivity index (χ1v) is 9.21. The molecule has 0 aliphatic heterocycles. The van der Waals surface area contributed by atoms with E-state index >= 15 is 0 Å². The maximum absolute atomic E-state index is 11.8. The fourth-order valence-corrected chi connectivity index (χ4v) is 3.51. The van der Waals surface area contributed by atoms with Crippen LogP contribution >= 0.6 is 0 Å². The Labute approximate surface area is 139 Å². The van der Waals surface area contributed by atoms with Gasteiger partial charge in [0.1, 0.15) is 12.7 Å². The zero-order valence-electron chi connectivity index (χ0n) is 14.4. The van der Waals surface area contributed by atoms with E-state index in [0.717, 1.165) is 38.5 Å². The third-order valence-corrected chi connectivity index (χ3v) is 4.84. The average molecular weight is 325 g/mol. The van der Waals surface area contributed by atoms with Crippen LogP contribution in [0.15, 0.2) is 0 Å². The summed E-state index contributed by atoms with van der Waals surface area (Å²) in [5.41, 5.74) is 0. The molecule has 2 aliphatic rings. The van der Waals surface area contributed by atoms with Crippen molar-refractivity contribution < 1.29 is 19.1 Å². The summed E-state index contributed by atoms with van der Waals surface area (Å²) in [5, 5.41) is 2.74. The van der Waals surface area contributed by atoms with Crippen molar-refractivity contribution in [3.05, 3.63) is 0 Å². The van der Waals surface area contributed by atoms with Gasteiger partial charge in [-0.1, -0.05) is 26.2 Å². The van der Waals surface area contributed by atoms with Gasteiger partial charge in [0.05, 0.1) is 12.5 Å². The second-order valence-corrected chi connectivity index (χ2v) is 7.05. The second-order valence-electron chi connectivity index (χ2n) is 7.05. The number of carbonyl (C=O) groups is 2. The minimum atomic E-state index is -0.209. The van der Waals surface area contributed by atoms with Crippen LogP contribution in [0.4, 0.5) is 0 Å². The second kappa shape index (κ2) is 9.91. The number of carbonyl (C=O) groups excluding carboxylic acids is 2. The van der Waals surface area contributed by atoms with Gasteiger partial charge in [-0.05, 0) is 44.4 Å². The lowest BCUT2D eigenvalue weighted by atomic mass is 9.89. The van der Waals surface area contributed by atoms with Gasteiger partial charge < -0.3 is 14.8 Å². The van der Waals surface area contributed by atoms with E-state index in [1.807, 2.05) is 0 Å². The lowest BCUT2D eigenvalue weighted by molar-refractivity contribution is -0.150. The molecular weight excluding hydrogens is 294 g/mol. The molecular formula is C18H31NO4. The molecule has 2 fully saturated rings. The molecule has 0 radical (unpaired) electrons. The number of esters is 1. The average Bonchev–Trinajstić information content (AvgIpc) is 2.54. The van der Waals surface area contributed by atoms with Gasteiger partial charge in [0, 0.05) is 6.54 Å². The van der Waals surface area contributed by atoms with Gasteiger partial charge in [-0.25, -0.2) is 0 Å². The zero-order valence-corrected chi connectivity index (χ0v) is 14.4. The maximum atomic E-state index is 11.8. The Morgan fingerprint density at radius 3 is 2.48 bits per heavy atom. The van der Waals surface area contributed by atoms with Gasteiger partial charge in [0.15, 0.2) is 0 Å².